The van der Waals surface area contributed by atoms with Crippen LogP contribution in [-0.4, -0.2) is 27.8 Å². The number of nitrogens with zero attached hydrogens (tertiary/aromatic N) is 3. The summed E-state index contributed by atoms with van der Waals surface area (Å²) < 4.78 is 4.97. The van der Waals surface area contributed by atoms with Crippen molar-refractivity contribution in [3.8, 4) is 0 Å². The van der Waals surface area contributed by atoms with Crippen molar-refractivity contribution in [3.63, 3.8) is 0 Å². The molecule has 0 spiro atoms. The van der Waals surface area contributed by atoms with Gasteiger partial charge in [-0.3, -0.25) is 0 Å². The summed E-state index contributed by atoms with van der Waals surface area (Å²) in [7, 11) is 0. The van der Waals surface area contributed by atoms with Crippen LogP contribution in [0.5, 0.6) is 0 Å². The molecule has 0 saturated heterocycles. The highest BCUT2D eigenvalue weighted by Gasteiger charge is 2.07. The summed E-state index contributed by atoms with van der Waals surface area (Å²) in [6.07, 6.45) is 2.53. The maximum atomic E-state index is 11.7. The second-order valence-corrected chi connectivity index (χ2v) is 5.76. The molecule has 0 aliphatic carbocycles. The van der Waals surface area contributed by atoms with Crippen LogP contribution in [0.2, 0.25) is 0 Å². The Morgan fingerprint density at radius 1 is 0.963 bits per heavy atom. The Hall–Kier alpha value is -3.48. The molecule has 0 radical (unpaired) electrons. The fourth-order valence-corrected chi connectivity index (χ4v) is 2.42. The van der Waals surface area contributed by atoms with Gasteiger partial charge in [0.05, 0.1) is 18.4 Å². The van der Waals surface area contributed by atoms with Crippen molar-refractivity contribution in [2.24, 2.45) is 0 Å². The number of aryl methyl sites for hydroxylation is 1. The van der Waals surface area contributed by atoms with Crippen molar-refractivity contribution in [2.45, 2.75) is 20.3 Å². The van der Waals surface area contributed by atoms with Crippen LogP contribution in [0.3, 0.4) is 0 Å². The quantitative estimate of drug-likeness (QED) is 0.611. The number of benzene rings is 2. The van der Waals surface area contributed by atoms with Gasteiger partial charge in [0.15, 0.2) is 5.82 Å². The molecule has 138 valence electrons. The van der Waals surface area contributed by atoms with Crippen LogP contribution in [-0.2, 0) is 11.2 Å². The van der Waals surface area contributed by atoms with Gasteiger partial charge in [0.25, 0.3) is 0 Å². The third kappa shape index (κ3) is 5.01. The molecule has 3 rings (SSSR count). The molecular weight excluding hydrogens is 342 g/mol. The number of rotatable bonds is 7. The minimum atomic E-state index is -0.340. The van der Waals surface area contributed by atoms with Gasteiger partial charge in [-0.2, -0.15) is 10.1 Å². The summed E-state index contributed by atoms with van der Waals surface area (Å²) in [5, 5.41) is 14.2. The van der Waals surface area contributed by atoms with E-state index < -0.39 is 0 Å². The van der Waals surface area contributed by atoms with Crippen molar-refractivity contribution >= 4 is 29.1 Å². The first-order valence-corrected chi connectivity index (χ1v) is 8.78. The molecule has 0 fully saturated rings. The summed E-state index contributed by atoms with van der Waals surface area (Å²) in [5.74, 6) is 0.599. The predicted molar refractivity (Wildman–Crippen MR) is 105 cm³/mol. The number of esters is 1. The second kappa shape index (κ2) is 8.75. The lowest BCUT2D eigenvalue weighted by Gasteiger charge is -2.09. The standard InChI is InChI=1S/C20H21N5O2/c1-3-14-5-9-17(10-6-14)23-20-24-18(13-21-25-20)22-16-11-7-15(8-12-16)19(26)27-4-2/h5-13H,3-4H2,1-2H3,(H2,22,23,24,25). The van der Waals surface area contributed by atoms with Crippen molar-refractivity contribution in [1.82, 2.24) is 15.2 Å². The first-order valence-electron chi connectivity index (χ1n) is 8.78. The van der Waals surface area contributed by atoms with E-state index in [0.717, 1.165) is 17.8 Å². The van der Waals surface area contributed by atoms with Crippen LogP contribution in [0.4, 0.5) is 23.1 Å². The van der Waals surface area contributed by atoms with E-state index in [0.29, 0.717) is 23.9 Å². The van der Waals surface area contributed by atoms with Gasteiger partial charge in [0.2, 0.25) is 5.95 Å². The predicted octanol–water partition coefficient (Wildman–Crippen LogP) is 4.10. The third-order valence-electron chi connectivity index (χ3n) is 3.85. The van der Waals surface area contributed by atoms with Gasteiger partial charge in [-0.25, -0.2) is 4.79 Å². The number of anilines is 4. The first-order chi connectivity index (χ1) is 13.2. The molecule has 0 aliphatic heterocycles. The Morgan fingerprint density at radius 2 is 1.63 bits per heavy atom. The lowest BCUT2D eigenvalue weighted by Crippen LogP contribution is -2.05. The van der Waals surface area contributed by atoms with E-state index in [1.165, 1.54) is 11.8 Å². The van der Waals surface area contributed by atoms with Crippen LogP contribution >= 0.6 is 0 Å². The maximum Gasteiger partial charge on any atom is 0.338 e. The van der Waals surface area contributed by atoms with Gasteiger partial charge in [0.1, 0.15) is 0 Å². The number of hydrogen-bond acceptors (Lipinski definition) is 7. The summed E-state index contributed by atoms with van der Waals surface area (Å²) in [6.45, 7) is 4.24. The Labute approximate surface area is 157 Å². The van der Waals surface area contributed by atoms with Crippen molar-refractivity contribution in [1.29, 1.82) is 0 Å². The fourth-order valence-electron chi connectivity index (χ4n) is 2.42. The molecule has 0 atom stereocenters. The van der Waals surface area contributed by atoms with Crippen LogP contribution in [0.15, 0.2) is 54.7 Å². The van der Waals surface area contributed by atoms with Crippen LogP contribution < -0.4 is 10.6 Å². The average molecular weight is 363 g/mol. The molecule has 0 unspecified atom stereocenters. The summed E-state index contributed by atoms with van der Waals surface area (Å²) in [5.41, 5.74) is 3.44. The van der Waals surface area contributed by atoms with E-state index in [1.54, 1.807) is 31.2 Å². The summed E-state index contributed by atoms with van der Waals surface area (Å²) in [6, 6.07) is 15.0. The zero-order chi connectivity index (χ0) is 19.1. The van der Waals surface area contributed by atoms with Gasteiger partial charge >= 0.3 is 5.97 Å². The summed E-state index contributed by atoms with van der Waals surface area (Å²) in [4.78, 5) is 16.1. The van der Waals surface area contributed by atoms with E-state index in [1.807, 2.05) is 12.1 Å². The van der Waals surface area contributed by atoms with Gasteiger partial charge in [-0.1, -0.05) is 19.1 Å². The van der Waals surface area contributed by atoms with Crippen LogP contribution in [0.25, 0.3) is 0 Å². The van der Waals surface area contributed by atoms with E-state index in [-0.39, 0.29) is 5.97 Å². The van der Waals surface area contributed by atoms with Crippen LogP contribution in [0.1, 0.15) is 29.8 Å². The molecular formula is C20H21N5O2. The minimum absolute atomic E-state index is 0.340. The number of hydrogen-bond donors (Lipinski definition) is 2. The molecule has 7 nitrogen and oxygen atoms in total. The van der Waals surface area contributed by atoms with Crippen molar-refractivity contribution in [3.05, 3.63) is 65.9 Å². The van der Waals surface area contributed by atoms with E-state index in [4.69, 9.17) is 4.74 Å². The Kier molecular flexibility index (Phi) is 5.94. The molecule has 0 saturated carbocycles. The lowest BCUT2D eigenvalue weighted by molar-refractivity contribution is 0.0526. The average Bonchev–Trinajstić information content (AvgIpc) is 2.70. The SMILES string of the molecule is CCOC(=O)c1ccc(Nc2cnnc(Nc3ccc(CC)cc3)n2)cc1. The largest absolute Gasteiger partial charge is 0.462 e. The number of aromatic nitrogens is 3. The highest BCUT2D eigenvalue weighted by molar-refractivity contribution is 5.89. The Balaban J connectivity index is 1.67. The summed E-state index contributed by atoms with van der Waals surface area (Å²) >= 11 is 0. The Morgan fingerprint density at radius 3 is 2.30 bits per heavy atom. The molecule has 27 heavy (non-hydrogen) atoms. The molecule has 1 aromatic heterocycles. The first kappa shape index (κ1) is 18.3. The van der Waals surface area contributed by atoms with E-state index >= 15 is 0 Å². The Bertz CT molecular complexity index is 895. The number of nitrogens with one attached hydrogen (secondary N) is 2. The molecule has 3 aromatic rings. The molecule has 7 heteroatoms. The van der Waals surface area contributed by atoms with E-state index in [2.05, 4.69) is 44.9 Å². The topological polar surface area (TPSA) is 89.0 Å². The third-order valence-corrected chi connectivity index (χ3v) is 3.85. The lowest BCUT2D eigenvalue weighted by atomic mass is 10.1. The van der Waals surface area contributed by atoms with E-state index in [9.17, 15) is 4.79 Å². The van der Waals surface area contributed by atoms with Gasteiger partial charge < -0.3 is 15.4 Å². The molecule has 2 aromatic carbocycles. The fraction of sp³-hybridized carbons (Fsp3) is 0.200. The highest BCUT2D eigenvalue weighted by atomic mass is 16.5. The number of ether oxygens (including phenoxy) is 1. The number of carbonyl (C=O) groups excluding carboxylic acids is 1. The van der Waals surface area contributed by atoms with Gasteiger partial charge in [-0.05, 0) is 55.3 Å². The van der Waals surface area contributed by atoms with Gasteiger partial charge in [-0.15, -0.1) is 5.10 Å². The zero-order valence-corrected chi connectivity index (χ0v) is 15.3. The highest BCUT2D eigenvalue weighted by Crippen LogP contribution is 2.18. The smallest absolute Gasteiger partial charge is 0.338 e. The molecule has 0 bridgehead atoms. The maximum absolute atomic E-state index is 11.7. The van der Waals surface area contributed by atoms with Gasteiger partial charge in [0, 0.05) is 11.4 Å². The monoisotopic (exact) mass is 363 g/mol. The minimum Gasteiger partial charge on any atom is -0.462 e. The normalized spacial score (nSPS) is 10.3. The van der Waals surface area contributed by atoms with Crippen molar-refractivity contribution in [2.75, 3.05) is 17.2 Å². The van der Waals surface area contributed by atoms with Crippen molar-refractivity contribution < 1.29 is 9.53 Å². The van der Waals surface area contributed by atoms with Crippen LogP contribution in [0, 0.1) is 0 Å². The zero-order valence-electron chi connectivity index (χ0n) is 15.3. The molecule has 0 amide bonds. The molecule has 0 aliphatic rings. The molecule has 2 N–H and O–H groups in total. The molecule has 1 heterocycles. The second-order valence-electron chi connectivity index (χ2n) is 5.76. The number of carbonyl (C=O) groups is 1.